The van der Waals surface area contributed by atoms with E-state index in [0.717, 1.165) is 65.3 Å². The van der Waals surface area contributed by atoms with Gasteiger partial charge in [0.05, 0.1) is 5.71 Å². The van der Waals surface area contributed by atoms with E-state index in [1.807, 2.05) is 64.1 Å². The average molecular weight is 468 g/mol. The third kappa shape index (κ3) is 8.12. The topological polar surface area (TPSA) is 49.3 Å². The lowest BCUT2D eigenvalue weighted by Gasteiger charge is -2.31. The Morgan fingerprint density at radius 3 is 2.18 bits per heavy atom. The van der Waals surface area contributed by atoms with Gasteiger partial charge in [-0.15, -0.1) is 0 Å². The molecule has 0 amide bonds. The molecule has 0 spiro atoms. The van der Waals surface area contributed by atoms with Crippen molar-refractivity contribution in [3.8, 4) is 17.2 Å². The highest BCUT2D eigenvalue weighted by Crippen LogP contribution is 2.33. The van der Waals surface area contributed by atoms with Gasteiger partial charge in [-0.25, -0.2) is 0 Å². The normalized spacial score (nSPS) is 18.1. The van der Waals surface area contributed by atoms with E-state index in [0.29, 0.717) is 6.61 Å². The Balaban J connectivity index is 0.00000199. The highest BCUT2D eigenvalue weighted by Gasteiger charge is 2.26. The number of oxime groups is 1. The third-order valence-corrected chi connectivity index (χ3v) is 5.68. The van der Waals surface area contributed by atoms with Crippen molar-refractivity contribution in [1.82, 2.24) is 0 Å². The molecular formula is C29H41NO4. The van der Waals surface area contributed by atoms with Crippen LogP contribution in [-0.2, 0) is 4.84 Å². The lowest BCUT2D eigenvalue weighted by atomic mass is 9.94. The molecule has 0 radical (unpaired) electrons. The first kappa shape index (κ1) is 27.3. The van der Waals surface area contributed by atoms with Gasteiger partial charge in [0.15, 0.2) is 0 Å². The van der Waals surface area contributed by atoms with E-state index in [9.17, 15) is 0 Å². The predicted octanol–water partition coefficient (Wildman–Crippen LogP) is 7.42. The average Bonchev–Trinajstić information content (AvgIpc) is 2.84. The number of nitrogens with zero attached hydrogens (tertiary/aromatic N) is 1. The zero-order chi connectivity index (χ0) is 24.9. The number of allylic oxidation sites excluding steroid dienone is 1. The molecule has 0 N–H and O–H groups in total. The molecule has 0 aromatic heterocycles. The van der Waals surface area contributed by atoms with Crippen molar-refractivity contribution < 1.29 is 19.0 Å². The quantitative estimate of drug-likeness (QED) is 0.219. The van der Waals surface area contributed by atoms with Crippen molar-refractivity contribution in [3.63, 3.8) is 0 Å². The molecule has 1 aliphatic carbocycles. The van der Waals surface area contributed by atoms with E-state index in [1.54, 1.807) is 7.11 Å². The van der Waals surface area contributed by atoms with Crippen LogP contribution in [0.4, 0.5) is 0 Å². The standard InChI is InChI=1S/C27H35NO4.C2H6/c1-6-7-15-30-26-16-19(2)27(20(3)17-26)32-25-10-8-9-24(18-25)31-23-13-11-22(12-14-23)21(4)28-29-5;1-2/h6-7,11-14,16-17,24-25H,8-10,15,18H2,1-5H3;1-2H3/b7-6+,28-21-;. The summed E-state index contributed by atoms with van der Waals surface area (Å²) in [5, 5.41) is 3.98. The Kier molecular flexibility index (Phi) is 11.5. The summed E-state index contributed by atoms with van der Waals surface area (Å²) < 4.78 is 18.5. The van der Waals surface area contributed by atoms with Crippen LogP contribution in [0.2, 0.25) is 0 Å². The molecule has 0 aliphatic heterocycles. The Bertz CT molecular complexity index is 911. The van der Waals surface area contributed by atoms with Gasteiger partial charge in [0, 0.05) is 6.42 Å². The van der Waals surface area contributed by atoms with Crippen molar-refractivity contribution in [2.75, 3.05) is 13.7 Å². The van der Waals surface area contributed by atoms with Crippen LogP contribution in [0.25, 0.3) is 0 Å². The lowest BCUT2D eigenvalue weighted by molar-refractivity contribution is 0.0672. The zero-order valence-electron chi connectivity index (χ0n) is 21.9. The maximum absolute atomic E-state index is 6.46. The second-order valence-electron chi connectivity index (χ2n) is 8.30. The number of hydrogen-bond donors (Lipinski definition) is 0. The van der Waals surface area contributed by atoms with Crippen LogP contribution in [0.15, 0.2) is 53.7 Å². The molecule has 2 atom stereocenters. The lowest BCUT2D eigenvalue weighted by Crippen LogP contribution is -2.32. The van der Waals surface area contributed by atoms with Gasteiger partial charge in [-0.1, -0.05) is 31.2 Å². The molecule has 34 heavy (non-hydrogen) atoms. The first-order valence-electron chi connectivity index (χ1n) is 12.4. The SMILES string of the molecule is C/C=C/COc1cc(C)c(OC2CCCC(Oc3ccc(/C(C)=N\OC)cc3)C2)c(C)c1.CC. The summed E-state index contributed by atoms with van der Waals surface area (Å²) in [6.07, 6.45) is 8.35. The molecule has 5 nitrogen and oxygen atoms in total. The maximum atomic E-state index is 6.46. The summed E-state index contributed by atoms with van der Waals surface area (Å²) in [5.74, 6) is 2.72. The first-order chi connectivity index (χ1) is 16.5. The molecule has 0 bridgehead atoms. The second-order valence-corrected chi connectivity index (χ2v) is 8.30. The summed E-state index contributed by atoms with van der Waals surface area (Å²) in [4.78, 5) is 4.85. The molecule has 5 heteroatoms. The zero-order valence-corrected chi connectivity index (χ0v) is 21.9. The molecule has 2 aromatic rings. The number of benzene rings is 2. The van der Waals surface area contributed by atoms with Gasteiger partial charge >= 0.3 is 0 Å². The monoisotopic (exact) mass is 467 g/mol. The van der Waals surface area contributed by atoms with Gasteiger partial charge in [0.25, 0.3) is 0 Å². The Morgan fingerprint density at radius 2 is 1.59 bits per heavy atom. The van der Waals surface area contributed by atoms with E-state index in [4.69, 9.17) is 19.0 Å². The minimum absolute atomic E-state index is 0.149. The molecule has 186 valence electrons. The van der Waals surface area contributed by atoms with Gasteiger partial charge in [-0.3, -0.25) is 0 Å². The molecule has 0 saturated heterocycles. The first-order valence-corrected chi connectivity index (χ1v) is 12.4. The maximum Gasteiger partial charge on any atom is 0.125 e. The summed E-state index contributed by atoms with van der Waals surface area (Å²) in [6.45, 7) is 12.7. The molecular weight excluding hydrogens is 426 g/mol. The summed E-state index contributed by atoms with van der Waals surface area (Å²) in [6, 6.07) is 12.1. The smallest absolute Gasteiger partial charge is 0.125 e. The van der Waals surface area contributed by atoms with Crippen LogP contribution >= 0.6 is 0 Å². The number of ether oxygens (including phenoxy) is 3. The minimum Gasteiger partial charge on any atom is -0.490 e. The van der Waals surface area contributed by atoms with Gasteiger partial charge in [0.2, 0.25) is 0 Å². The van der Waals surface area contributed by atoms with Crippen LogP contribution in [0, 0.1) is 13.8 Å². The summed E-state index contributed by atoms with van der Waals surface area (Å²) >= 11 is 0. The Morgan fingerprint density at radius 1 is 0.971 bits per heavy atom. The van der Waals surface area contributed by atoms with Crippen LogP contribution < -0.4 is 14.2 Å². The largest absolute Gasteiger partial charge is 0.490 e. The summed E-state index contributed by atoms with van der Waals surface area (Å²) in [5.41, 5.74) is 4.07. The Labute approximate surface area is 205 Å². The highest BCUT2D eigenvalue weighted by atomic mass is 16.6. The molecule has 1 aliphatic rings. The van der Waals surface area contributed by atoms with Gasteiger partial charge in [-0.05, 0) is 100 Å². The summed E-state index contributed by atoms with van der Waals surface area (Å²) in [7, 11) is 1.55. The van der Waals surface area contributed by atoms with Crippen molar-refractivity contribution in [1.29, 1.82) is 0 Å². The van der Waals surface area contributed by atoms with Gasteiger partial charge < -0.3 is 19.0 Å². The molecule has 0 heterocycles. The van der Waals surface area contributed by atoms with Crippen LogP contribution in [0.3, 0.4) is 0 Å². The molecule has 1 saturated carbocycles. The van der Waals surface area contributed by atoms with Gasteiger partial charge in [-0.2, -0.15) is 0 Å². The van der Waals surface area contributed by atoms with E-state index in [1.165, 1.54) is 0 Å². The van der Waals surface area contributed by atoms with Gasteiger partial charge in [0.1, 0.15) is 43.2 Å². The van der Waals surface area contributed by atoms with E-state index in [-0.39, 0.29) is 12.2 Å². The fourth-order valence-electron chi connectivity index (χ4n) is 4.06. The van der Waals surface area contributed by atoms with Crippen molar-refractivity contribution in [3.05, 3.63) is 65.2 Å². The van der Waals surface area contributed by atoms with E-state index >= 15 is 0 Å². The van der Waals surface area contributed by atoms with Crippen LogP contribution in [0.1, 0.15) is 70.1 Å². The van der Waals surface area contributed by atoms with Crippen LogP contribution in [0.5, 0.6) is 17.2 Å². The van der Waals surface area contributed by atoms with E-state index < -0.39 is 0 Å². The predicted molar refractivity (Wildman–Crippen MR) is 141 cm³/mol. The molecule has 3 rings (SSSR count). The second kappa shape index (κ2) is 14.3. The fourth-order valence-corrected chi connectivity index (χ4v) is 4.06. The Hall–Kier alpha value is -2.95. The number of hydrogen-bond acceptors (Lipinski definition) is 5. The van der Waals surface area contributed by atoms with Crippen LogP contribution in [-0.4, -0.2) is 31.6 Å². The highest BCUT2D eigenvalue weighted by molar-refractivity contribution is 5.98. The molecule has 2 unspecified atom stereocenters. The number of rotatable bonds is 9. The minimum atomic E-state index is 0.149. The molecule has 1 fully saturated rings. The molecule has 2 aromatic carbocycles. The fraction of sp³-hybridized carbons (Fsp3) is 0.483. The third-order valence-electron chi connectivity index (χ3n) is 5.68. The van der Waals surface area contributed by atoms with Crippen molar-refractivity contribution in [2.24, 2.45) is 5.16 Å². The van der Waals surface area contributed by atoms with Crippen molar-refractivity contribution in [2.45, 2.75) is 79.4 Å². The van der Waals surface area contributed by atoms with E-state index in [2.05, 4.69) is 31.1 Å². The van der Waals surface area contributed by atoms with Crippen molar-refractivity contribution >= 4 is 5.71 Å². The number of aryl methyl sites for hydroxylation is 2.